The van der Waals surface area contributed by atoms with Gasteiger partial charge in [0, 0.05) is 36.7 Å². The Balaban J connectivity index is 1.88. The molecular weight excluding hydrogens is 362 g/mol. The molecule has 0 aromatic carbocycles. The fourth-order valence-corrected chi connectivity index (χ4v) is 3.54. The van der Waals surface area contributed by atoms with Crippen molar-refractivity contribution in [2.24, 2.45) is 0 Å². The Bertz CT molecular complexity index is 855. The minimum Gasteiger partial charge on any atom is -0.384 e. The summed E-state index contributed by atoms with van der Waals surface area (Å²) in [6.45, 7) is 4.40. The number of pyridine rings is 1. The Labute approximate surface area is 155 Å². The van der Waals surface area contributed by atoms with Gasteiger partial charge in [0.15, 0.2) is 0 Å². The summed E-state index contributed by atoms with van der Waals surface area (Å²) in [6, 6.07) is 3.30. The summed E-state index contributed by atoms with van der Waals surface area (Å²) in [5.74, 6) is -3.49. The van der Waals surface area contributed by atoms with Gasteiger partial charge in [0.25, 0.3) is 0 Å². The van der Waals surface area contributed by atoms with Gasteiger partial charge < -0.3 is 10.0 Å². The van der Waals surface area contributed by atoms with Crippen LogP contribution in [-0.4, -0.2) is 26.6 Å². The zero-order valence-electron chi connectivity index (χ0n) is 14.7. The third kappa shape index (κ3) is 2.83. The van der Waals surface area contributed by atoms with E-state index in [2.05, 4.69) is 15.0 Å². The lowest BCUT2D eigenvalue weighted by Crippen LogP contribution is -2.26. The lowest BCUT2D eigenvalue weighted by molar-refractivity contribution is 0.00574. The van der Waals surface area contributed by atoms with Crippen molar-refractivity contribution >= 4 is 23.1 Å². The van der Waals surface area contributed by atoms with Crippen molar-refractivity contribution in [2.75, 3.05) is 11.4 Å². The predicted octanol–water partition coefficient (Wildman–Crippen LogP) is 4.05. The van der Waals surface area contributed by atoms with Crippen molar-refractivity contribution in [3.63, 3.8) is 0 Å². The van der Waals surface area contributed by atoms with E-state index < -0.39 is 17.3 Å². The number of fused-ring (bicyclic) bond motifs is 2. The summed E-state index contributed by atoms with van der Waals surface area (Å²) in [5, 5.41) is 10.7. The molecule has 1 N–H and O–H groups in total. The molecule has 0 amide bonds. The van der Waals surface area contributed by atoms with Gasteiger partial charge in [-0.15, -0.1) is 0 Å². The number of aromatic nitrogens is 3. The van der Waals surface area contributed by atoms with E-state index in [1.807, 2.05) is 4.90 Å². The Morgan fingerprint density at radius 2 is 1.88 bits per heavy atom. The molecule has 2 aromatic heterocycles. The first-order valence-corrected chi connectivity index (χ1v) is 8.81. The van der Waals surface area contributed by atoms with Crippen LogP contribution in [0.25, 0.3) is 0 Å². The predicted molar refractivity (Wildman–Crippen MR) is 94.0 cm³/mol. The lowest BCUT2D eigenvalue weighted by atomic mass is 10.0. The molecule has 8 heteroatoms. The van der Waals surface area contributed by atoms with Crippen LogP contribution in [0, 0.1) is 0 Å². The summed E-state index contributed by atoms with van der Waals surface area (Å²) in [7, 11) is 0. The highest BCUT2D eigenvalue weighted by atomic mass is 35.5. The number of halogens is 3. The molecule has 0 bridgehead atoms. The van der Waals surface area contributed by atoms with E-state index in [-0.39, 0.29) is 11.1 Å². The Hall–Kier alpha value is -1.86. The monoisotopic (exact) mass is 380 g/mol. The summed E-state index contributed by atoms with van der Waals surface area (Å²) < 4.78 is 27.9. The summed E-state index contributed by atoms with van der Waals surface area (Å²) in [5.41, 5.74) is 0.663. The number of alkyl halides is 2. The van der Waals surface area contributed by atoms with Gasteiger partial charge in [-0.1, -0.05) is 11.6 Å². The van der Waals surface area contributed by atoms with Crippen LogP contribution in [0.2, 0.25) is 5.15 Å². The normalized spacial score (nSPS) is 18.3. The van der Waals surface area contributed by atoms with Crippen molar-refractivity contribution in [1.29, 1.82) is 0 Å². The van der Waals surface area contributed by atoms with E-state index in [0.717, 1.165) is 31.0 Å². The van der Waals surface area contributed by atoms with Crippen LogP contribution in [-0.2, 0) is 16.9 Å². The van der Waals surface area contributed by atoms with Crippen molar-refractivity contribution in [3.05, 3.63) is 40.6 Å². The SMILES string of the molecule is CC(C)(O)c1cc(N2CC3(CC3)c3cnc(Cl)cc32)nc(C(C)(F)F)n1. The smallest absolute Gasteiger partial charge is 0.303 e. The second-order valence-electron chi connectivity index (χ2n) is 7.77. The molecule has 0 unspecified atom stereocenters. The van der Waals surface area contributed by atoms with E-state index in [9.17, 15) is 13.9 Å². The zero-order chi connectivity index (χ0) is 18.9. The fourth-order valence-electron chi connectivity index (χ4n) is 3.39. The first kappa shape index (κ1) is 17.5. The lowest BCUT2D eigenvalue weighted by Gasteiger charge is -2.24. The van der Waals surface area contributed by atoms with Crippen LogP contribution in [0.5, 0.6) is 0 Å². The van der Waals surface area contributed by atoms with Crippen LogP contribution in [0.4, 0.5) is 20.3 Å². The van der Waals surface area contributed by atoms with Gasteiger partial charge in [-0.2, -0.15) is 8.78 Å². The van der Waals surface area contributed by atoms with Crippen LogP contribution in [0.3, 0.4) is 0 Å². The topological polar surface area (TPSA) is 62.1 Å². The molecule has 0 saturated heterocycles. The number of aliphatic hydroxyl groups is 1. The average molecular weight is 381 g/mol. The van der Waals surface area contributed by atoms with Gasteiger partial charge in [-0.3, -0.25) is 0 Å². The molecule has 3 heterocycles. The molecule has 138 valence electrons. The summed E-state index contributed by atoms with van der Waals surface area (Å²) >= 11 is 6.07. The fraction of sp³-hybridized carbons (Fsp3) is 0.500. The maximum absolute atomic E-state index is 14.0. The molecule has 1 aliphatic heterocycles. The number of hydrogen-bond acceptors (Lipinski definition) is 5. The number of anilines is 2. The van der Waals surface area contributed by atoms with Gasteiger partial charge in [0.2, 0.25) is 5.82 Å². The second-order valence-corrected chi connectivity index (χ2v) is 8.16. The largest absolute Gasteiger partial charge is 0.384 e. The molecule has 2 aliphatic rings. The highest BCUT2D eigenvalue weighted by Crippen LogP contribution is 2.58. The van der Waals surface area contributed by atoms with Crippen LogP contribution >= 0.6 is 11.6 Å². The third-order valence-electron chi connectivity index (χ3n) is 5.03. The number of hydrogen-bond donors (Lipinski definition) is 1. The van der Waals surface area contributed by atoms with Crippen molar-refractivity contribution in [1.82, 2.24) is 15.0 Å². The molecule has 2 aromatic rings. The van der Waals surface area contributed by atoms with E-state index in [1.54, 1.807) is 18.3 Å². The average Bonchev–Trinajstić information content (AvgIpc) is 3.23. The first-order chi connectivity index (χ1) is 12.0. The Kier molecular flexibility index (Phi) is 3.60. The standard InChI is InChI=1S/C18H19ClF2N4O/c1-16(2,26)12-7-14(24-15(23-12)17(3,20)21)25-9-18(4-5-18)10-8-22-13(19)6-11(10)25/h6-8,26H,4-5,9H2,1-3H3. The molecule has 26 heavy (non-hydrogen) atoms. The zero-order valence-corrected chi connectivity index (χ0v) is 15.5. The van der Waals surface area contributed by atoms with Gasteiger partial charge in [-0.25, -0.2) is 15.0 Å². The van der Waals surface area contributed by atoms with Crippen molar-refractivity contribution in [3.8, 4) is 0 Å². The van der Waals surface area contributed by atoms with E-state index in [4.69, 9.17) is 11.6 Å². The minimum atomic E-state index is -3.22. The molecule has 0 atom stereocenters. The minimum absolute atomic E-state index is 0.0122. The van der Waals surface area contributed by atoms with Crippen LogP contribution in [0.15, 0.2) is 18.3 Å². The summed E-state index contributed by atoms with van der Waals surface area (Å²) in [6.07, 6.45) is 3.79. The van der Waals surface area contributed by atoms with E-state index in [0.29, 0.717) is 17.5 Å². The highest BCUT2D eigenvalue weighted by molar-refractivity contribution is 6.29. The molecule has 1 aliphatic carbocycles. The van der Waals surface area contributed by atoms with E-state index >= 15 is 0 Å². The third-order valence-corrected chi connectivity index (χ3v) is 5.24. The Morgan fingerprint density at radius 3 is 2.46 bits per heavy atom. The van der Waals surface area contributed by atoms with Crippen LogP contribution < -0.4 is 4.90 Å². The first-order valence-electron chi connectivity index (χ1n) is 8.43. The molecule has 0 radical (unpaired) electrons. The molecule has 4 rings (SSSR count). The van der Waals surface area contributed by atoms with Gasteiger partial charge >= 0.3 is 5.92 Å². The summed E-state index contributed by atoms with van der Waals surface area (Å²) in [4.78, 5) is 14.1. The van der Waals surface area contributed by atoms with Gasteiger partial charge in [0.1, 0.15) is 16.6 Å². The molecule has 1 spiro atoms. The number of rotatable bonds is 3. The quantitative estimate of drug-likeness (QED) is 0.814. The van der Waals surface area contributed by atoms with Crippen molar-refractivity contribution < 1.29 is 13.9 Å². The number of nitrogens with zero attached hydrogens (tertiary/aromatic N) is 4. The van der Waals surface area contributed by atoms with Gasteiger partial charge in [-0.05, 0) is 32.8 Å². The van der Waals surface area contributed by atoms with E-state index in [1.165, 1.54) is 13.8 Å². The molecular formula is C18H19ClF2N4O. The van der Waals surface area contributed by atoms with Gasteiger partial charge in [0.05, 0.1) is 11.4 Å². The maximum Gasteiger partial charge on any atom is 0.303 e. The van der Waals surface area contributed by atoms with Crippen LogP contribution in [0.1, 0.15) is 50.7 Å². The molecule has 1 fully saturated rings. The maximum atomic E-state index is 14.0. The molecule has 5 nitrogen and oxygen atoms in total. The molecule has 1 saturated carbocycles. The van der Waals surface area contributed by atoms with Crippen molar-refractivity contribution in [2.45, 2.75) is 50.6 Å². The second kappa shape index (κ2) is 5.33. The highest BCUT2D eigenvalue weighted by Gasteiger charge is 2.52. The Morgan fingerprint density at radius 1 is 1.19 bits per heavy atom.